The Labute approximate surface area is 116 Å². The van der Waals surface area contributed by atoms with Crippen LogP contribution in [0.3, 0.4) is 0 Å². The summed E-state index contributed by atoms with van der Waals surface area (Å²) < 4.78 is 53.7. The Morgan fingerprint density at radius 3 is 1.37 bits per heavy atom. The van der Waals surface area contributed by atoms with Gasteiger partial charge < -0.3 is 18.3 Å². The number of hydrogen-bond acceptors (Lipinski definition) is 3. The predicted octanol–water partition coefficient (Wildman–Crippen LogP) is 3.22. The molecule has 19 heavy (non-hydrogen) atoms. The van der Waals surface area contributed by atoms with Crippen molar-refractivity contribution in [3.05, 3.63) is 0 Å². The zero-order chi connectivity index (χ0) is 14.8. The van der Waals surface area contributed by atoms with Crippen LogP contribution >= 0.6 is 0 Å². The van der Waals surface area contributed by atoms with Crippen LogP contribution in [0.25, 0.3) is 0 Å². The van der Waals surface area contributed by atoms with Crippen molar-refractivity contribution in [1.29, 1.82) is 0 Å². The van der Waals surface area contributed by atoms with E-state index in [-0.39, 0.29) is 12.7 Å². The number of rotatable bonds is 12. The Morgan fingerprint density at radius 1 is 0.632 bits per heavy atom. The molecule has 0 unspecified atom stereocenters. The summed E-state index contributed by atoms with van der Waals surface area (Å²) in [4.78, 5) is 0. The average molecular weight is 318 g/mol. The van der Waals surface area contributed by atoms with Crippen LogP contribution in [0, 0.1) is 0 Å². The third-order valence-electron chi connectivity index (χ3n) is 2.27. The molecule has 8 heteroatoms. The van der Waals surface area contributed by atoms with E-state index in [4.69, 9.17) is 14.2 Å². The lowest BCUT2D eigenvalue weighted by molar-refractivity contribution is 0.0188. The molecular formula is C11H25F3O3Si2. The van der Waals surface area contributed by atoms with E-state index in [2.05, 4.69) is 0 Å². The maximum Gasteiger partial charge on any atom is 0.424 e. The fourth-order valence-corrected chi connectivity index (χ4v) is 2.24. The zero-order valence-electron chi connectivity index (χ0n) is 12.0. The maximum atomic E-state index is 13.2. The van der Waals surface area contributed by atoms with Gasteiger partial charge in [-0.1, -0.05) is 0 Å². The van der Waals surface area contributed by atoms with Crippen LogP contribution in [0.5, 0.6) is 0 Å². The van der Waals surface area contributed by atoms with Crippen LogP contribution in [0.2, 0.25) is 31.7 Å². The first-order valence-corrected chi connectivity index (χ1v) is 12.1. The highest BCUT2D eigenvalue weighted by molar-refractivity contribution is 6.70. The van der Waals surface area contributed by atoms with Crippen molar-refractivity contribution in [2.24, 2.45) is 0 Å². The van der Waals surface area contributed by atoms with E-state index in [1.165, 1.54) is 0 Å². The lowest BCUT2D eigenvalue weighted by Crippen LogP contribution is -2.21. The van der Waals surface area contributed by atoms with Crippen LogP contribution in [0.15, 0.2) is 0 Å². The summed E-state index contributed by atoms with van der Waals surface area (Å²) in [5.74, 6) is 0. The van der Waals surface area contributed by atoms with Crippen molar-refractivity contribution in [3.63, 3.8) is 0 Å². The maximum absolute atomic E-state index is 13.2. The molecule has 0 N–H and O–H groups in total. The lowest BCUT2D eigenvalue weighted by atomic mass is 10.7. The average Bonchev–Trinajstić information content (AvgIpc) is 2.22. The molecule has 0 saturated carbocycles. The first-order chi connectivity index (χ1) is 8.71. The van der Waals surface area contributed by atoms with Crippen molar-refractivity contribution >= 4 is 17.1 Å². The van der Waals surface area contributed by atoms with E-state index in [1.807, 2.05) is 0 Å². The Morgan fingerprint density at radius 2 is 1.00 bits per heavy atom. The molecule has 0 aromatic heterocycles. The van der Waals surface area contributed by atoms with Crippen LogP contribution in [-0.4, -0.2) is 56.8 Å². The molecule has 0 radical (unpaired) electrons. The van der Waals surface area contributed by atoms with Crippen LogP contribution in [-0.2, 0) is 14.2 Å². The molecule has 0 atom stereocenters. The summed E-state index contributed by atoms with van der Waals surface area (Å²) in [6.07, 6.45) is 0. The Balaban J connectivity index is 3.12. The number of hydrogen-bond donors (Lipinski definition) is 0. The first kappa shape index (κ1) is 19.1. The van der Waals surface area contributed by atoms with Gasteiger partial charge in [-0.05, 0) is 25.7 Å². The first-order valence-electron chi connectivity index (χ1n) is 6.51. The summed E-state index contributed by atoms with van der Waals surface area (Å²) in [6, 6.07) is 0.351. The SMILES string of the molecule is C[Si](C)(F)CCOCCOCCOCC[Si](C)(F)F. The number of ether oxygens (including phenoxy) is 3. The van der Waals surface area contributed by atoms with Crippen molar-refractivity contribution < 1.29 is 26.5 Å². The fraction of sp³-hybridized carbons (Fsp3) is 1.00. The van der Waals surface area contributed by atoms with E-state index < -0.39 is 17.1 Å². The molecular weight excluding hydrogens is 293 g/mol. The Kier molecular flexibility index (Phi) is 9.98. The highest BCUT2D eigenvalue weighted by Crippen LogP contribution is 2.11. The monoisotopic (exact) mass is 318 g/mol. The summed E-state index contributed by atoms with van der Waals surface area (Å²) in [6.45, 7) is 6.32. The van der Waals surface area contributed by atoms with E-state index in [0.717, 1.165) is 6.55 Å². The van der Waals surface area contributed by atoms with Crippen molar-refractivity contribution in [2.75, 3.05) is 39.6 Å². The predicted molar refractivity (Wildman–Crippen MR) is 74.5 cm³/mol. The number of halogens is 3. The van der Waals surface area contributed by atoms with Crippen LogP contribution in [0.1, 0.15) is 0 Å². The quantitative estimate of drug-likeness (QED) is 0.314. The van der Waals surface area contributed by atoms with Gasteiger partial charge in [-0.2, -0.15) is 0 Å². The minimum absolute atomic E-state index is 0.0891. The van der Waals surface area contributed by atoms with Gasteiger partial charge in [-0.25, -0.2) is 0 Å². The molecule has 0 aliphatic carbocycles. The minimum Gasteiger partial charge on any atom is -0.379 e. The summed E-state index contributed by atoms with van der Waals surface area (Å²) >= 11 is 0. The third-order valence-corrected chi connectivity index (χ3v) is 4.75. The van der Waals surface area contributed by atoms with Crippen LogP contribution in [0.4, 0.5) is 12.3 Å². The Hall–Kier alpha value is 0.104. The second-order valence-corrected chi connectivity index (χ2v) is 11.7. The smallest absolute Gasteiger partial charge is 0.379 e. The second-order valence-electron chi connectivity index (χ2n) is 5.13. The van der Waals surface area contributed by atoms with E-state index in [0.29, 0.717) is 39.1 Å². The van der Waals surface area contributed by atoms with Crippen molar-refractivity contribution in [1.82, 2.24) is 0 Å². The van der Waals surface area contributed by atoms with Gasteiger partial charge in [0.1, 0.15) is 0 Å². The van der Waals surface area contributed by atoms with E-state index >= 15 is 0 Å². The molecule has 0 amide bonds. The lowest BCUT2D eigenvalue weighted by Gasteiger charge is -2.11. The fourth-order valence-electron chi connectivity index (χ4n) is 1.11. The highest BCUT2D eigenvalue weighted by atomic mass is 28.4. The summed E-state index contributed by atoms with van der Waals surface area (Å²) in [5, 5.41) is 0. The summed E-state index contributed by atoms with van der Waals surface area (Å²) in [5.41, 5.74) is 0. The normalized spacial score (nSPS) is 12.9. The molecule has 0 fully saturated rings. The second kappa shape index (κ2) is 9.92. The van der Waals surface area contributed by atoms with Gasteiger partial charge >= 0.3 is 8.74 Å². The van der Waals surface area contributed by atoms with Gasteiger partial charge in [-0.15, -0.1) is 0 Å². The molecule has 0 aliphatic rings. The van der Waals surface area contributed by atoms with Crippen molar-refractivity contribution in [3.8, 4) is 0 Å². The molecule has 0 heterocycles. The molecule has 0 bridgehead atoms. The highest BCUT2D eigenvalue weighted by Gasteiger charge is 2.26. The molecule has 0 aromatic rings. The molecule has 0 aromatic carbocycles. The van der Waals surface area contributed by atoms with Crippen molar-refractivity contribution in [2.45, 2.75) is 31.7 Å². The van der Waals surface area contributed by atoms with E-state index in [9.17, 15) is 12.3 Å². The summed E-state index contributed by atoms with van der Waals surface area (Å²) in [7, 11) is -6.48. The van der Waals surface area contributed by atoms with E-state index in [1.54, 1.807) is 13.1 Å². The van der Waals surface area contributed by atoms with Crippen LogP contribution < -0.4 is 0 Å². The molecule has 0 aliphatic heterocycles. The standard InChI is InChI=1S/C11H25F3O3Si2/c1-18(2,12)10-8-16-6-4-15-5-7-17-9-11-19(3,13)14/h4-11H2,1-3H3. The van der Waals surface area contributed by atoms with Gasteiger partial charge in [0.25, 0.3) is 0 Å². The van der Waals surface area contributed by atoms with Gasteiger partial charge in [-0.3, -0.25) is 8.22 Å². The van der Waals surface area contributed by atoms with Gasteiger partial charge in [0.2, 0.25) is 8.41 Å². The van der Waals surface area contributed by atoms with Gasteiger partial charge in [0.15, 0.2) is 0 Å². The molecule has 0 rings (SSSR count). The minimum atomic E-state index is -3.98. The Bertz CT molecular complexity index is 198. The molecule has 0 spiro atoms. The molecule has 0 saturated heterocycles. The topological polar surface area (TPSA) is 27.7 Å². The molecule has 3 nitrogen and oxygen atoms in total. The largest absolute Gasteiger partial charge is 0.424 e. The third kappa shape index (κ3) is 18.1. The van der Waals surface area contributed by atoms with Gasteiger partial charge in [0.05, 0.1) is 26.4 Å². The zero-order valence-corrected chi connectivity index (χ0v) is 14.0. The molecule has 116 valence electrons. The van der Waals surface area contributed by atoms with Gasteiger partial charge in [0, 0.05) is 19.3 Å².